The lowest BCUT2D eigenvalue weighted by molar-refractivity contribution is 0.0956. The first-order valence-electron chi connectivity index (χ1n) is 8.96. The number of hydrogen-bond donors (Lipinski definition) is 1. The van der Waals surface area contributed by atoms with Gasteiger partial charge in [0.05, 0.1) is 12.1 Å². The fraction of sp³-hybridized carbons (Fsp3) is 0.200. The molecule has 0 fully saturated rings. The number of rotatable bonds is 7. The van der Waals surface area contributed by atoms with Crippen LogP contribution in [0, 0.1) is 0 Å². The van der Waals surface area contributed by atoms with Crippen molar-refractivity contribution >= 4 is 28.7 Å². The van der Waals surface area contributed by atoms with E-state index >= 15 is 0 Å². The zero-order valence-corrected chi connectivity index (χ0v) is 16.3. The van der Waals surface area contributed by atoms with E-state index in [0.717, 1.165) is 27.5 Å². The van der Waals surface area contributed by atoms with Crippen LogP contribution in [-0.2, 0) is 13.6 Å². The Hall–Kier alpha value is -3.13. The molecule has 0 aliphatic heterocycles. The summed E-state index contributed by atoms with van der Waals surface area (Å²) in [6.07, 6.45) is 3.68. The number of imidazole rings is 1. The smallest absolute Gasteiger partial charge is 0.251 e. The lowest BCUT2D eigenvalue weighted by atomic mass is 10.1. The molecule has 2 aromatic heterocycles. The molecule has 0 saturated heterocycles. The molecule has 0 bridgehead atoms. The van der Waals surface area contributed by atoms with Crippen molar-refractivity contribution in [2.45, 2.75) is 11.7 Å². The molecule has 4 rings (SSSR count). The van der Waals surface area contributed by atoms with Gasteiger partial charge in [-0.2, -0.15) is 0 Å². The van der Waals surface area contributed by atoms with Crippen molar-refractivity contribution in [3.63, 3.8) is 0 Å². The Morgan fingerprint density at radius 2 is 1.96 bits per heavy atom. The number of benzene rings is 2. The standard InChI is InChI=1S/C20H20N6OS/c1-25-12-10-22-20(25)28-13-11-21-19(27)16-8-6-15(7-9-16)14-26-18-5-3-2-4-17(18)23-24-26/h2-10,12H,11,13-14H2,1H3,(H,21,27). The zero-order chi connectivity index (χ0) is 19.3. The number of aryl methyl sites for hydroxylation is 1. The van der Waals surface area contributed by atoms with Gasteiger partial charge in [-0.3, -0.25) is 4.79 Å². The summed E-state index contributed by atoms with van der Waals surface area (Å²) in [5.74, 6) is 0.701. The van der Waals surface area contributed by atoms with E-state index in [0.29, 0.717) is 18.7 Å². The number of para-hydroxylation sites is 1. The molecule has 4 aromatic rings. The molecule has 2 heterocycles. The van der Waals surface area contributed by atoms with E-state index in [9.17, 15) is 4.79 Å². The summed E-state index contributed by atoms with van der Waals surface area (Å²) in [5, 5.41) is 12.3. The molecule has 0 aliphatic carbocycles. The largest absolute Gasteiger partial charge is 0.351 e. The molecule has 0 radical (unpaired) electrons. The minimum absolute atomic E-state index is 0.0711. The van der Waals surface area contributed by atoms with Crippen LogP contribution in [0.25, 0.3) is 11.0 Å². The van der Waals surface area contributed by atoms with E-state index in [4.69, 9.17) is 0 Å². The number of hydrogen-bond acceptors (Lipinski definition) is 5. The van der Waals surface area contributed by atoms with E-state index in [2.05, 4.69) is 20.6 Å². The molecule has 0 unspecified atom stereocenters. The highest BCUT2D eigenvalue weighted by Gasteiger charge is 2.08. The molecule has 0 saturated carbocycles. The van der Waals surface area contributed by atoms with Gasteiger partial charge in [0.25, 0.3) is 5.91 Å². The molecule has 0 aliphatic rings. The molecule has 1 N–H and O–H groups in total. The van der Waals surface area contributed by atoms with Crippen molar-refractivity contribution in [2.75, 3.05) is 12.3 Å². The average molecular weight is 392 g/mol. The maximum absolute atomic E-state index is 12.3. The number of nitrogens with one attached hydrogen (secondary N) is 1. The summed E-state index contributed by atoms with van der Waals surface area (Å²) < 4.78 is 3.82. The second-order valence-electron chi connectivity index (χ2n) is 6.36. The second-order valence-corrected chi connectivity index (χ2v) is 7.42. The van der Waals surface area contributed by atoms with Crippen molar-refractivity contribution in [3.8, 4) is 0 Å². The van der Waals surface area contributed by atoms with Gasteiger partial charge < -0.3 is 9.88 Å². The van der Waals surface area contributed by atoms with E-state index < -0.39 is 0 Å². The Bertz CT molecular complexity index is 1090. The molecule has 0 spiro atoms. The average Bonchev–Trinajstić information content (AvgIpc) is 3.32. The maximum Gasteiger partial charge on any atom is 0.251 e. The number of carbonyl (C=O) groups excluding carboxylic acids is 1. The summed E-state index contributed by atoms with van der Waals surface area (Å²) in [7, 11) is 1.96. The van der Waals surface area contributed by atoms with Crippen LogP contribution in [0.3, 0.4) is 0 Å². The van der Waals surface area contributed by atoms with Crippen molar-refractivity contribution < 1.29 is 4.79 Å². The molecule has 7 nitrogen and oxygen atoms in total. The molecule has 2 aromatic carbocycles. The molecule has 28 heavy (non-hydrogen) atoms. The molecule has 1 amide bonds. The van der Waals surface area contributed by atoms with Crippen molar-refractivity contribution in [1.29, 1.82) is 0 Å². The molecule has 142 valence electrons. The van der Waals surface area contributed by atoms with Gasteiger partial charge >= 0.3 is 0 Å². The summed E-state index contributed by atoms with van der Waals surface area (Å²) in [6.45, 7) is 1.20. The van der Waals surface area contributed by atoms with Gasteiger partial charge in [-0.15, -0.1) is 5.10 Å². The highest BCUT2D eigenvalue weighted by atomic mass is 32.2. The van der Waals surface area contributed by atoms with E-state index in [1.165, 1.54) is 0 Å². The van der Waals surface area contributed by atoms with Gasteiger partial charge in [0, 0.05) is 37.3 Å². The number of nitrogens with zero attached hydrogens (tertiary/aromatic N) is 5. The van der Waals surface area contributed by atoms with E-state index in [-0.39, 0.29) is 5.91 Å². The van der Waals surface area contributed by atoms with Gasteiger partial charge in [-0.05, 0) is 29.8 Å². The minimum atomic E-state index is -0.0711. The van der Waals surface area contributed by atoms with E-state index in [1.807, 2.05) is 71.0 Å². The Labute approximate surface area is 166 Å². The normalized spacial score (nSPS) is 11.0. The fourth-order valence-corrected chi connectivity index (χ4v) is 3.66. The van der Waals surface area contributed by atoms with Gasteiger partial charge in [-0.1, -0.05) is 41.2 Å². The third-order valence-corrected chi connectivity index (χ3v) is 5.42. The third kappa shape index (κ3) is 4.07. The van der Waals surface area contributed by atoms with Gasteiger partial charge in [0.1, 0.15) is 5.52 Å². The molecule has 8 heteroatoms. The monoisotopic (exact) mass is 392 g/mol. The van der Waals surface area contributed by atoms with Gasteiger partial charge in [0.2, 0.25) is 0 Å². The summed E-state index contributed by atoms with van der Waals surface area (Å²) in [5.41, 5.74) is 3.59. The second kappa shape index (κ2) is 8.26. The van der Waals surface area contributed by atoms with Crippen LogP contribution >= 0.6 is 11.8 Å². The SMILES string of the molecule is Cn1ccnc1SCCNC(=O)c1ccc(Cn2nnc3ccccc32)cc1. The molecular formula is C20H20N6OS. The first kappa shape index (κ1) is 18.2. The Kier molecular flexibility index (Phi) is 5.38. The number of carbonyl (C=O) groups is 1. The number of amides is 1. The van der Waals surface area contributed by atoms with Crippen LogP contribution in [0.1, 0.15) is 15.9 Å². The lowest BCUT2D eigenvalue weighted by Gasteiger charge is -2.07. The van der Waals surface area contributed by atoms with Crippen LogP contribution in [-0.4, -0.2) is 42.7 Å². The Morgan fingerprint density at radius 1 is 1.14 bits per heavy atom. The first-order valence-corrected chi connectivity index (χ1v) is 9.95. The van der Waals surface area contributed by atoms with Crippen LogP contribution < -0.4 is 5.32 Å². The van der Waals surface area contributed by atoms with Crippen LogP contribution in [0.2, 0.25) is 0 Å². The highest BCUT2D eigenvalue weighted by Crippen LogP contribution is 2.14. The van der Waals surface area contributed by atoms with Crippen molar-refractivity contribution in [2.24, 2.45) is 7.05 Å². The highest BCUT2D eigenvalue weighted by molar-refractivity contribution is 7.99. The number of aromatic nitrogens is 5. The first-order chi connectivity index (χ1) is 13.7. The van der Waals surface area contributed by atoms with Crippen LogP contribution in [0.5, 0.6) is 0 Å². The fourth-order valence-electron chi connectivity index (χ4n) is 2.87. The minimum Gasteiger partial charge on any atom is -0.351 e. The quantitative estimate of drug-likeness (QED) is 0.387. The number of thioether (sulfide) groups is 1. The summed E-state index contributed by atoms with van der Waals surface area (Å²) in [6, 6.07) is 15.5. The van der Waals surface area contributed by atoms with Crippen LogP contribution in [0.15, 0.2) is 66.1 Å². The summed E-state index contributed by atoms with van der Waals surface area (Å²) in [4.78, 5) is 16.6. The van der Waals surface area contributed by atoms with Crippen molar-refractivity contribution in [1.82, 2.24) is 29.9 Å². The topological polar surface area (TPSA) is 77.6 Å². The predicted molar refractivity (Wildman–Crippen MR) is 109 cm³/mol. The predicted octanol–water partition coefficient (Wildman–Crippen LogP) is 2.74. The Balaban J connectivity index is 1.31. The van der Waals surface area contributed by atoms with Gasteiger partial charge in [-0.25, -0.2) is 9.67 Å². The van der Waals surface area contributed by atoms with Crippen LogP contribution in [0.4, 0.5) is 0 Å². The van der Waals surface area contributed by atoms with E-state index in [1.54, 1.807) is 18.0 Å². The third-order valence-electron chi connectivity index (χ3n) is 4.36. The Morgan fingerprint density at radius 3 is 2.75 bits per heavy atom. The maximum atomic E-state index is 12.3. The summed E-state index contributed by atoms with van der Waals surface area (Å²) >= 11 is 1.62. The number of fused-ring (bicyclic) bond motifs is 1. The van der Waals surface area contributed by atoms with Crippen molar-refractivity contribution in [3.05, 3.63) is 72.1 Å². The molecular weight excluding hydrogens is 372 g/mol. The molecule has 0 atom stereocenters. The zero-order valence-electron chi connectivity index (χ0n) is 15.4. The lowest BCUT2D eigenvalue weighted by Crippen LogP contribution is -2.25. The van der Waals surface area contributed by atoms with Gasteiger partial charge in [0.15, 0.2) is 5.16 Å².